The van der Waals surface area contributed by atoms with Gasteiger partial charge in [0.25, 0.3) is 0 Å². The van der Waals surface area contributed by atoms with Crippen molar-refractivity contribution in [3.8, 4) is 0 Å². The number of carbonyl (C=O) groups excluding carboxylic acids is 1. The van der Waals surface area contributed by atoms with Crippen LogP contribution in [0.25, 0.3) is 0 Å². The van der Waals surface area contributed by atoms with Crippen LogP contribution in [-0.4, -0.2) is 18.9 Å². The molecule has 0 saturated heterocycles. The molecule has 4 nitrogen and oxygen atoms in total. The van der Waals surface area contributed by atoms with E-state index in [0.717, 1.165) is 5.56 Å². The van der Waals surface area contributed by atoms with Crippen molar-refractivity contribution in [2.45, 2.75) is 6.92 Å². The number of nitrogens with zero attached hydrogens (tertiary/aromatic N) is 1. The maximum absolute atomic E-state index is 10.8. The third-order valence-electron chi connectivity index (χ3n) is 1.76. The molecule has 0 aliphatic carbocycles. The van der Waals surface area contributed by atoms with Gasteiger partial charge in [0.1, 0.15) is 0 Å². The second-order valence-corrected chi connectivity index (χ2v) is 3.19. The summed E-state index contributed by atoms with van der Waals surface area (Å²) in [4.78, 5) is 10.8. The van der Waals surface area contributed by atoms with Crippen LogP contribution in [0.1, 0.15) is 12.5 Å². The fourth-order valence-corrected chi connectivity index (χ4v) is 1.26. The molecule has 1 aromatic rings. The number of ether oxygens (including phenoxy) is 1. The van der Waals surface area contributed by atoms with Gasteiger partial charge in [-0.25, -0.2) is 10.2 Å². The molecule has 1 N–H and O–H groups in total. The summed E-state index contributed by atoms with van der Waals surface area (Å²) in [5, 5.41) is 4.42. The van der Waals surface area contributed by atoms with E-state index in [-0.39, 0.29) is 0 Å². The van der Waals surface area contributed by atoms with E-state index in [0.29, 0.717) is 10.7 Å². The van der Waals surface area contributed by atoms with Crippen molar-refractivity contribution in [3.63, 3.8) is 0 Å². The number of nitrogens with one attached hydrogen (secondary N) is 1. The molecule has 1 rings (SSSR count). The zero-order chi connectivity index (χ0) is 11.3. The van der Waals surface area contributed by atoms with Gasteiger partial charge < -0.3 is 4.74 Å². The minimum absolute atomic E-state index is 0.588. The Morgan fingerprint density at radius 3 is 2.73 bits per heavy atom. The summed E-state index contributed by atoms with van der Waals surface area (Å²) in [5.74, 6) is 0. The van der Waals surface area contributed by atoms with Gasteiger partial charge in [0.2, 0.25) is 0 Å². The number of hydrazone groups is 1. The van der Waals surface area contributed by atoms with E-state index in [2.05, 4.69) is 15.3 Å². The molecule has 0 saturated carbocycles. The summed E-state index contributed by atoms with van der Waals surface area (Å²) < 4.78 is 4.38. The molecule has 1 amide bonds. The zero-order valence-electron chi connectivity index (χ0n) is 8.45. The van der Waals surface area contributed by atoms with Crippen molar-refractivity contribution >= 4 is 23.4 Å². The van der Waals surface area contributed by atoms with Crippen molar-refractivity contribution < 1.29 is 9.53 Å². The molecule has 0 aromatic heterocycles. The lowest BCUT2D eigenvalue weighted by Crippen LogP contribution is -2.18. The van der Waals surface area contributed by atoms with E-state index in [4.69, 9.17) is 11.6 Å². The van der Waals surface area contributed by atoms with Crippen LogP contribution >= 0.6 is 11.6 Å². The number of methoxy groups -OCH3 is 1. The van der Waals surface area contributed by atoms with Crippen LogP contribution in [0.15, 0.2) is 29.4 Å². The van der Waals surface area contributed by atoms with Crippen molar-refractivity contribution in [3.05, 3.63) is 34.9 Å². The van der Waals surface area contributed by atoms with Crippen LogP contribution in [0.5, 0.6) is 0 Å². The Morgan fingerprint density at radius 1 is 1.47 bits per heavy atom. The summed E-state index contributed by atoms with van der Waals surface area (Å²) in [6.45, 7) is 1.75. The number of hydrogen-bond donors (Lipinski definition) is 1. The maximum Gasteiger partial charge on any atom is 0.427 e. The van der Waals surface area contributed by atoms with Gasteiger partial charge in [0.05, 0.1) is 12.8 Å². The molecule has 0 radical (unpaired) electrons. The predicted molar refractivity (Wildman–Crippen MR) is 59.2 cm³/mol. The first-order chi connectivity index (χ1) is 7.15. The molecule has 0 spiro atoms. The summed E-state index contributed by atoms with van der Waals surface area (Å²) in [6.07, 6.45) is -0.610. The van der Waals surface area contributed by atoms with Crippen LogP contribution in [0, 0.1) is 0 Å². The van der Waals surface area contributed by atoms with Gasteiger partial charge >= 0.3 is 6.09 Å². The second-order valence-electron chi connectivity index (χ2n) is 2.78. The van der Waals surface area contributed by atoms with Crippen molar-refractivity contribution in [1.82, 2.24) is 5.43 Å². The molecule has 0 unspecified atom stereocenters. The van der Waals surface area contributed by atoms with Gasteiger partial charge in [-0.1, -0.05) is 29.8 Å². The minimum Gasteiger partial charge on any atom is -0.452 e. The molecule has 0 fully saturated rings. The fraction of sp³-hybridized carbons (Fsp3) is 0.200. The Labute approximate surface area is 92.9 Å². The Bertz CT molecular complexity index is 391. The number of halogens is 1. The smallest absolute Gasteiger partial charge is 0.427 e. The molecule has 0 bridgehead atoms. The standard InChI is InChI=1S/C10H11ClN2O2/c1-7(12-13-10(14)15-2)8-5-3-4-6-9(8)11/h3-6H,1-2H3,(H,13,14)/b12-7-. The number of rotatable bonds is 2. The van der Waals surface area contributed by atoms with Gasteiger partial charge in [0.15, 0.2) is 0 Å². The van der Waals surface area contributed by atoms with E-state index in [1.165, 1.54) is 7.11 Å². The topological polar surface area (TPSA) is 50.7 Å². The van der Waals surface area contributed by atoms with E-state index in [9.17, 15) is 4.79 Å². The molecular formula is C10H11ClN2O2. The van der Waals surface area contributed by atoms with E-state index >= 15 is 0 Å². The first-order valence-electron chi connectivity index (χ1n) is 4.28. The maximum atomic E-state index is 10.8. The van der Waals surface area contributed by atoms with Crippen molar-refractivity contribution in [2.75, 3.05) is 7.11 Å². The molecule has 0 atom stereocenters. The van der Waals surface area contributed by atoms with Crippen LogP contribution < -0.4 is 5.43 Å². The first kappa shape index (κ1) is 11.5. The third-order valence-corrected chi connectivity index (χ3v) is 2.09. The predicted octanol–water partition coefficient (Wildman–Crippen LogP) is 2.42. The summed E-state index contributed by atoms with van der Waals surface area (Å²) in [7, 11) is 1.27. The summed E-state index contributed by atoms with van der Waals surface area (Å²) in [5.41, 5.74) is 3.62. The van der Waals surface area contributed by atoms with Crippen LogP contribution in [-0.2, 0) is 4.74 Å². The summed E-state index contributed by atoms with van der Waals surface area (Å²) >= 11 is 5.94. The first-order valence-corrected chi connectivity index (χ1v) is 4.66. The highest BCUT2D eigenvalue weighted by Gasteiger charge is 2.03. The number of amides is 1. The number of hydrogen-bond acceptors (Lipinski definition) is 3. The number of carbonyl (C=O) groups is 1. The highest BCUT2D eigenvalue weighted by atomic mass is 35.5. The van der Waals surface area contributed by atoms with E-state index in [1.54, 1.807) is 13.0 Å². The quantitative estimate of drug-likeness (QED) is 0.622. The molecule has 0 heterocycles. The Hall–Kier alpha value is -1.55. The molecule has 0 aliphatic rings. The van der Waals surface area contributed by atoms with Gasteiger partial charge in [0, 0.05) is 10.6 Å². The normalized spacial score (nSPS) is 11.0. The lowest BCUT2D eigenvalue weighted by molar-refractivity contribution is 0.171. The molecular weight excluding hydrogens is 216 g/mol. The van der Waals surface area contributed by atoms with E-state index in [1.807, 2.05) is 18.2 Å². The van der Waals surface area contributed by atoms with E-state index < -0.39 is 6.09 Å². The van der Waals surface area contributed by atoms with Crippen LogP contribution in [0.3, 0.4) is 0 Å². The molecule has 5 heteroatoms. The monoisotopic (exact) mass is 226 g/mol. The average molecular weight is 227 g/mol. The Morgan fingerprint density at radius 2 is 2.13 bits per heavy atom. The average Bonchev–Trinajstić information content (AvgIpc) is 2.26. The van der Waals surface area contributed by atoms with Crippen molar-refractivity contribution in [1.29, 1.82) is 0 Å². The van der Waals surface area contributed by atoms with Gasteiger partial charge in [-0.2, -0.15) is 5.10 Å². The molecule has 80 valence electrons. The molecule has 1 aromatic carbocycles. The Balaban J connectivity index is 2.80. The lowest BCUT2D eigenvalue weighted by atomic mass is 10.1. The highest BCUT2D eigenvalue weighted by Crippen LogP contribution is 2.15. The van der Waals surface area contributed by atoms with Crippen LogP contribution in [0.4, 0.5) is 4.79 Å². The second kappa shape index (κ2) is 5.36. The van der Waals surface area contributed by atoms with Crippen LogP contribution in [0.2, 0.25) is 5.02 Å². The Kier molecular flexibility index (Phi) is 4.12. The SMILES string of the molecule is COC(=O)N/N=C(/C)c1ccccc1Cl. The van der Waals surface area contributed by atoms with Gasteiger partial charge in [-0.15, -0.1) is 0 Å². The zero-order valence-corrected chi connectivity index (χ0v) is 9.21. The lowest BCUT2D eigenvalue weighted by Gasteiger charge is -2.03. The molecule has 15 heavy (non-hydrogen) atoms. The summed E-state index contributed by atoms with van der Waals surface area (Å²) in [6, 6.07) is 7.25. The highest BCUT2D eigenvalue weighted by molar-refractivity contribution is 6.34. The minimum atomic E-state index is -0.610. The van der Waals surface area contributed by atoms with Crippen molar-refractivity contribution in [2.24, 2.45) is 5.10 Å². The third kappa shape index (κ3) is 3.25. The fourth-order valence-electron chi connectivity index (χ4n) is 0.990. The van der Waals surface area contributed by atoms with Gasteiger partial charge in [-0.05, 0) is 13.0 Å². The molecule has 0 aliphatic heterocycles. The largest absolute Gasteiger partial charge is 0.452 e. The van der Waals surface area contributed by atoms with Gasteiger partial charge in [-0.3, -0.25) is 0 Å². The number of benzene rings is 1.